The predicted octanol–water partition coefficient (Wildman–Crippen LogP) is 0.573. The largest absolute Gasteiger partial charge is 0.399 e. The lowest BCUT2D eigenvalue weighted by atomic mass is 10.0. The molecular formula is C11H15N3O2. The molecule has 1 aliphatic rings. The average Bonchev–Trinajstić information content (AvgIpc) is 2.65. The summed E-state index contributed by atoms with van der Waals surface area (Å²) < 4.78 is 5.26. The number of amides is 1. The number of ether oxygens (including phenoxy) is 1. The molecule has 86 valence electrons. The van der Waals surface area contributed by atoms with Crippen molar-refractivity contribution in [2.24, 2.45) is 0 Å². The molecule has 1 atom stereocenters. The van der Waals surface area contributed by atoms with Gasteiger partial charge in [-0.1, -0.05) is 0 Å². The van der Waals surface area contributed by atoms with Crippen molar-refractivity contribution in [2.75, 3.05) is 18.9 Å². The van der Waals surface area contributed by atoms with E-state index in [0.717, 1.165) is 6.42 Å². The molecule has 2 rings (SSSR count). The highest BCUT2D eigenvalue weighted by molar-refractivity contribution is 5.93. The molecule has 1 aromatic heterocycles. The fourth-order valence-electron chi connectivity index (χ4n) is 1.67. The number of hydrogen-bond acceptors (Lipinski definition) is 4. The predicted molar refractivity (Wildman–Crippen MR) is 60.0 cm³/mol. The lowest BCUT2D eigenvalue weighted by Gasteiger charge is -2.23. The number of anilines is 1. The molecule has 0 aliphatic carbocycles. The van der Waals surface area contributed by atoms with E-state index in [-0.39, 0.29) is 11.4 Å². The van der Waals surface area contributed by atoms with E-state index in [1.165, 1.54) is 6.20 Å². The minimum Gasteiger partial charge on any atom is -0.399 e. The van der Waals surface area contributed by atoms with Crippen LogP contribution < -0.4 is 11.1 Å². The molecule has 1 saturated heterocycles. The van der Waals surface area contributed by atoms with Crippen molar-refractivity contribution in [3.63, 3.8) is 0 Å². The molecule has 1 amide bonds. The first kappa shape index (κ1) is 10.9. The highest BCUT2D eigenvalue weighted by Gasteiger charge is 2.31. The van der Waals surface area contributed by atoms with Crippen LogP contribution in [0.15, 0.2) is 18.3 Å². The van der Waals surface area contributed by atoms with E-state index in [1.807, 2.05) is 6.92 Å². The quantitative estimate of drug-likeness (QED) is 0.765. The molecule has 0 saturated carbocycles. The number of nitrogens with one attached hydrogen (secondary N) is 1. The van der Waals surface area contributed by atoms with Gasteiger partial charge in [0.1, 0.15) is 5.69 Å². The van der Waals surface area contributed by atoms with Gasteiger partial charge in [0.2, 0.25) is 0 Å². The third-order valence-corrected chi connectivity index (χ3v) is 2.65. The van der Waals surface area contributed by atoms with Gasteiger partial charge in [0.05, 0.1) is 12.1 Å². The Hall–Kier alpha value is -1.62. The summed E-state index contributed by atoms with van der Waals surface area (Å²) in [6.45, 7) is 3.19. The number of nitrogens with two attached hydrogens (primary N) is 1. The van der Waals surface area contributed by atoms with E-state index in [0.29, 0.717) is 24.6 Å². The second-order valence-electron chi connectivity index (χ2n) is 4.29. The smallest absolute Gasteiger partial charge is 0.270 e. The van der Waals surface area contributed by atoms with Crippen LogP contribution in [0.3, 0.4) is 0 Å². The minimum absolute atomic E-state index is 0.208. The Morgan fingerprint density at radius 2 is 2.50 bits per heavy atom. The van der Waals surface area contributed by atoms with Crippen LogP contribution in [0.25, 0.3) is 0 Å². The molecule has 1 aliphatic heterocycles. The van der Waals surface area contributed by atoms with Crippen LogP contribution in [0, 0.1) is 0 Å². The van der Waals surface area contributed by atoms with Crippen molar-refractivity contribution in [1.29, 1.82) is 0 Å². The first-order valence-electron chi connectivity index (χ1n) is 5.21. The maximum atomic E-state index is 11.9. The molecule has 1 unspecified atom stereocenters. The molecule has 1 aromatic rings. The highest BCUT2D eigenvalue weighted by Crippen LogP contribution is 2.18. The fourth-order valence-corrected chi connectivity index (χ4v) is 1.67. The number of pyridine rings is 1. The van der Waals surface area contributed by atoms with Crippen LogP contribution in [-0.4, -0.2) is 29.6 Å². The van der Waals surface area contributed by atoms with Crippen LogP contribution in [0.1, 0.15) is 23.8 Å². The zero-order chi connectivity index (χ0) is 11.6. The van der Waals surface area contributed by atoms with Gasteiger partial charge in [0, 0.05) is 18.5 Å². The van der Waals surface area contributed by atoms with Gasteiger partial charge in [-0.05, 0) is 25.5 Å². The number of carbonyl (C=O) groups excluding carboxylic acids is 1. The van der Waals surface area contributed by atoms with E-state index in [4.69, 9.17) is 10.5 Å². The Labute approximate surface area is 94.0 Å². The van der Waals surface area contributed by atoms with Crippen molar-refractivity contribution in [1.82, 2.24) is 10.3 Å². The zero-order valence-electron chi connectivity index (χ0n) is 9.19. The van der Waals surface area contributed by atoms with Crippen molar-refractivity contribution in [3.05, 3.63) is 24.0 Å². The van der Waals surface area contributed by atoms with E-state index >= 15 is 0 Å². The molecule has 2 heterocycles. The summed E-state index contributed by atoms with van der Waals surface area (Å²) >= 11 is 0. The summed E-state index contributed by atoms with van der Waals surface area (Å²) in [4.78, 5) is 15.9. The standard InChI is InChI=1S/C11H15N3O2/c1-11(3-5-16-7-11)14-10(15)9-6-8(12)2-4-13-9/h2,4,6H,3,5,7H2,1H3,(H2,12,13)(H,14,15). The Balaban J connectivity index is 2.08. The Morgan fingerprint density at radius 1 is 1.69 bits per heavy atom. The molecule has 0 spiro atoms. The summed E-state index contributed by atoms with van der Waals surface area (Å²) in [5, 5.41) is 2.92. The summed E-state index contributed by atoms with van der Waals surface area (Å²) in [6, 6.07) is 3.21. The van der Waals surface area contributed by atoms with Crippen LogP contribution in [0.2, 0.25) is 0 Å². The number of nitrogen functional groups attached to an aromatic ring is 1. The van der Waals surface area contributed by atoms with Gasteiger partial charge < -0.3 is 15.8 Å². The molecule has 1 fully saturated rings. The number of rotatable bonds is 2. The summed E-state index contributed by atoms with van der Waals surface area (Å²) in [7, 11) is 0. The van der Waals surface area contributed by atoms with Crippen LogP contribution in [0.4, 0.5) is 5.69 Å². The molecule has 0 aromatic carbocycles. The Kier molecular flexibility index (Phi) is 2.78. The van der Waals surface area contributed by atoms with E-state index in [2.05, 4.69) is 10.3 Å². The number of aromatic nitrogens is 1. The van der Waals surface area contributed by atoms with Gasteiger partial charge in [-0.15, -0.1) is 0 Å². The van der Waals surface area contributed by atoms with Crippen molar-refractivity contribution < 1.29 is 9.53 Å². The lowest BCUT2D eigenvalue weighted by Crippen LogP contribution is -2.46. The number of nitrogens with zero attached hydrogens (tertiary/aromatic N) is 1. The number of hydrogen-bond donors (Lipinski definition) is 2. The van der Waals surface area contributed by atoms with Crippen molar-refractivity contribution in [3.8, 4) is 0 Å². The first-order valence-corrected chi connectivity index (χ1v) is 5.21. The molecule has 5 nitrogen and oxygen atoms in total. The normalized spacial score (nSPS) is 24.3. The summed E-state index contributed by atoms with van der Waals surface area (Å²) in [5.74, 6) is -0.208. The van der Waals surface area contributed by atoms with Crippen LogP contribution in [0.5, 0.6) is 0 Å². The van der Waals surface area contributed by atoms with Gasteiger partial charge in [-0.2, -0.15) is 0 Å². The third kappa shape index (κ3) is 2.30. The molecule has 5 heteroatoms. The van der Waals surface area contributed by atoms with Gasteiger partial charge in [-0.25, -0.2) is 0 Å². The topological polar surface area (TPSA) is 77.2 Å². The molecule has 16 heavy (non-hydrogen) atoms. The molecule has 0 bridgehead atoms. The van der Waals surface area contributed by atoms with Crippen molar-refractivity contribution >= 4 is 11.6 Å². The minimum atomic E-state index is -0.288. The van der Waals surface area contributed by atoms with Gasteiger partial charge in [-0.3, -0.25) is 9.78 Å². The monoisotopic (exact) mass is 221 g/mol. The third-order valence-electron chi connectivity index (χ3n) is 2.65. The van der Waals surface area contributed by atoms with Crippen LogP contribution >= 0.6 is 0 Å². The Morgan fingerprint density at radius 3 is 3.12 bits per heavy atom. The second-order valence-corrected chi connectivity index (χ2v) is 4.29. The maximum Gasteiger partial charge on any atom is 0.270 e. The molecule has 3 N–H and O–H groups in total. The first-order chi connectivity index (χ1) is 7.59. The highest BCUT2D eigenvalue weighted by atomic mass is 16.5. The molecular weight excluding hydrogens is 206 g/mol. The lowest BCUT2D eigenvalue weighted by molar-refractivity contribution is 0.0885. The number of carbonyl (C=O) groups is 1. The average molecular weight is 221 g/mol. The van der Waals surface area contributed by atoms with E-state index in [9.17, 15) is 4.79 Å². The molecule has 0 radical (unpaired) electrons. The van der Waals surface area contributed by atoms with Gasteiger partial charge in [0.25, 0.3) is 5.91 Å². The maximum absolute atomic E-state index is 11.9. The summed E-state index contributed by atoms with van der Waals surface area (Å²) in [6.07, 6.45) is 2.35. The summed E-state index contributed by atoms with van der Waals surface area (Å²) in [5.41, 5.74) is 6.18. The SMILES string of the molecule is CC1(NC(=O)c2cc(N)ccn2)CCOC1. The van der Waals surface area contributed by atoms with Gasteiger partial charge in [0.15, 0.2) is 0 Å². The van der Waals surface area contributed by atoms with E-state index < -0.39 is 0 Å². The fraction of sp³-hybridized carbons (Fsp3) is 0.455. The Bertz CT molecular complexity index is 400. The zero-order valence-corrected chi connectivity index (χ0v) is 9.19. The van der Waals surface area contributed by atoms with Crippen LogP contribution in [-0.2, 0) is 4.74 Å². The second kappa shape index (κ2) is 4.09. The van der Waals surface area contributed by atoms with Crippen molar-refractivity contribution in [2.45, 2.75) is 18.9 Å². The van der Waals surface area contributed by atoms with E-state index in [1.54, 1.807) is 12.1 Å². The van der Waals surface area contributed by atoms with Gasteiger partial charge >= 0.3 is 0 Å².